The first-order valence-corrected chi connectivity index (χ1v) is 10.6. The first kappa shape index (κ1) is 22.6. The highest BCUT2D eigenvalue weighted by atomic mass is 35.5. The summed E-state index contributed by atoms with van der Waals surface area (Å²) in [6, 6.07) is 2.45. The predicted molar refractivity (Wildman–Crippen MR) is 105 cm³/mol. The average molecular weight is 473 g/mol. The molecule has 1 aromatic rings. The molecule has 7 nitrogen and oxygen atoms in total. The summed E-state index contributed by atoms with van der Waals surface area (Å²) in [6.07, 6.45) is -2.08. The third kappa shape index (κ3) is 4.20. The van der Waals surface area contributed by atoms with Crippen LogP contribution in [0.15, 0.2) is 18.2 Å². The van der Waals surface area contributed by atoms with Crippen molar-refractivity contribution in [2.45, 2.75) is 31.9 Å². The normalized spacial score (nSPS) is 26.4. The van der Waals surface area contributed by atoms with Gasteiger partial charge in [-0.05, 0) is 49.3 Å². The van der Waals surface area contributed by atoms with Crippen molar-refractivity contribution >= 4 is 41.0 Å². The molecule has 0 radical (unpaired) electrons. The Balaban J connectivity index is 1.26. The van der Waals surface area contributed by atoms with Gasteiger partial charge in [-0.3, -0.25) is 24.1 Å². The Morgan fingerprint density at radius 1 is 1.12 bits per heavy atom. The van der Waals surface area contributed by atoms with Crippen molar-refractivity contribution in [1.82, 2.24) is 4.90 Å². The highest BCUT2D eigenvalue weighted by molar-refractivity contribution is 6.33. The smallest absolute Gasteiger partial charge is 0.416 e. The maximum atomic E-state index is 12.8. The summed E-state index contributed by atoms with van der Waals surface area (Å²) in [5, 5.41) is 2.06. The molecule has 11 heteroatoms. The van der Waals surface area contributed by atoms with E-state index in [4.69, 9.17) is 16.3 Å². The zero-order valence-electron chi connectivity index (χ0n) is 16.8. The van der Waals surface area contributed by atoms with E-state index in [1.807, 2.05) is 0 Å². The van der Waals surface area contributed by atoms with Crippen molar-refractivity contribution in [1.29, 1.82) is 0 Å². The number of carbonyl (C=O) groups excluding carboxylic acids is 4. The number of ether oxygens (including phenoxy) is 1. The van der Waals surface area contributed by atoms with Crippen LogP contribution in [0.2, 0.25) is 5.02 Å². The molecular weight excluding hydrogens is 453 g/mol. The molecule has 2 saturated carbocycles. The van der Waals surface area contributed by atoms with Crippen LogP contribution >= 0.6 is 11.6 Å². The number of fused-ring (bicyclic) bond motifs is 5. The van der Waals surface area contributed by atoms with E-state index in [1.54, 1.807) is 0 Å². The molecule has 3 fully saturated rings. The van der Waals surface area contributed by atoms with Gasteiger partial charge in [0.05, 0.1) is 34.5 Å². The molecule has 3 aliphatic rings. The topological polar surface area (TPSA) is 92.8 Å². The molecule has 3 amide bonds. The van der Waals surface area contributed by atoms with Gasteiger partial charge in [-0.25, -0.2) is 0 Å². The van der Waals surface area contributed by atoms with E-state index in [9.17, 15) is 32.3 Å². The number of esters is 1. The molecule has 1 N–H and O–H groups in total. The standard InChI is InChI=1S/C21H20ClF3N2O5/c22-13-4-3-12(21(23,24)25)8-14(13)26-15(28)9-32-16(29)5-6-27-19(30)17-10-1-2-11(7-10)18(17)20(27)31/h3-4,8,10-11,17-18H,1-2,5-7,9H2,(H,26,28)/t10-,11-,17+,18+/m0/s1. The Kier molecular flexibility index (Phi) is 5.91. The molecular formula is C21H20ClF3N2O5. The van der Waals surface area contributed by atoms with Crippen molar-refractivity contribution in [3.05, 3.63) is 28.8 Å². The summed E-state index contributed by atoms with van der Waals surface area (Å²) in [6.45, 7) is -0.868. The third-order valence-corrected chi connectivity index (χ3v) is 6.82. The molecule has 2 aliphatic carbocycles. The lowest BCUT2D eigenvalue weighted by Gasteiger charge is -2.19. The highest BCUT2D eigenvalue weighted by Crippen LogP contribution is 2.56. The average Bonchev–Trinajstić information content (AvgIpc) is 3.40. The Hall–Kier alpha value is -2.62. The number of imide groups is 1. The number of rotatable bonds is 6. The minimum atomic E-state index is -4.61. The van der Waals surface area contributed by atoms with Gasteiger partial charge in [0.1, 0.15) is 0 Å². The van der Waals surface area contributed by atoms with Crippen LogP contribution in [0.3, 0.4) is 0 Å². The van der Waals surface area contributed by atoms with E-state index >= 15 is 0 Å². The van der Waals surface area contributed by atoms with E-state index in [2.05, 4.69) is 5.32 Å². The van der Waals surface area contributed by atoms with Crippen LogP contribution in [0.5, 0.6) is 0 Å². The maximum Gasteiger partial charge on any atom is 0.416 e. The second kappa shape index (κ2) is 8.38. The fraction of sp³-hybridized carbons (Fsp3) is 0.524. The lowest BCUT2D eigenvalue weighted by atomic mass is 9.81. The van der Waals surface area contributed by atoms with Crippen molar-refractivity contribution in [3.63, 3.8) is 0 Å². The van der Waals surface area contributed by atoms with E-state index in [0.717, 1.165) is 36.3 Å². The van der Waals surface area contributed by atoms with Crippen LogP contribution in [0, 0.1) is 23.7 Å². The van der Waals surface area contributed by atoms with E-state index < -0.39 is 30.2 Å². The molecule has 1 aromatic carbocycles. The van der Waals surface area contributed by atoms with Gasteiger partial charge in [-0.2, -0.15) is 13.2 Å². The Morgan fingerprint density at radius 3 is 2.34 bits per heavy atom. The number of halogens is 4. The summed E-state index contributed by atoms with van der Waals surface area (Å²) in [5.74, 6) is -2.24. The van der Waals surface area contributed by atoms with Gasteiger partial charge in [-0.1, -0.05) is 11.6 Å². The lowest BCUT2D eigenvalue weighted by Crippen LogP contribution is -2.35. The van der Waals surface area contributed by atoms with Crippen molar-refractivity contribution < 1.29 is 37.1 Å². The van der Waals surface area contributed by atoms with E-state index in [0.29, 0.717) is 6.07 Å². The number of benzene rings is 1. The molecule has 2 bridgehead atoms. The molecule has 1 saturated heterocycles. The number of amides is 3. The molecule has 0 spiro atoms. The summed E-state index contributed by atoms with van der Waals surface area (Å²) >= 11 is 5.81. The third-order valence-electron chi connectivity index (χ3n) is 6.49. The van der Waals surface area contributed by atoms with Crippen LogP contribution in [0.4, 0.5) is 18.9 Å². The fourth-order valence-electron chi connectivity index (χ4n) is 5.10. The maximum absolute atomic E-state index is 12.8. The number of likely N-dealkylation sites (tertiary alicyclic amines) is 1. The largest absolute Gasteiger partial charge is 0.456 e. The van der Waals surface area contributed by atoms with Crippen LogP contribution in [0.1, 0.15) is 31.2 Å². The quantitative estimate of drug-likeness (QED) is 0.507. The Bertz CT molecular complexity index is 955. The molecule has 32 heavy (non-hydrogen) atoms. The molecule has 172 valence electrons. The number of carbonyl (C=O) groups is 4. The van der Waals surface area contributed by atoms with Gasteiger partial charge in [0.2, 0.25) is 11.8 Å². The Labute approximate surface area is 186 Å². The minimum Gasteiger partial charge on any atom is -0.456 e. The number of alkyl halides is 3. The monoisotopic (exact) mass is 472 g/mol. The van der Waals surface area contributed by atoms with Crippen LogP contribution in [0.25, 0.3) is 0 Å². The van der Waals surface area contributed by atoms with E-state index in [1.165, 1.54) is 0 Å². The van der Waals surface area contributed by atoms with Gasteiger partial charge in [-0.15, -0.1) is 0 Å². The SMILES string of the molecule is O=C(COC(=O)CCN1C(=O)[C@@H]2[C@H]3CC[C@@H](C3)[C@H]2C1=O)Nc1cc(C(F)(F)F)ccc1Cl. The predicted octanol–water partition coefficient (Wildman–Crippen LogP) is 3.26. The van der Waals surface area contributed by atoms with Gasteiger partial charge >= 0.3 is 12.1 Å². The second-order valence-corrected chi connectivity index (χ2v) is 8.77. The van der Waals surface area contributed by atoms with Crippen molar-refractivity contribution in [3.8, 4) is 0 Å². The second-order valence-electron chi connectivity index (χ2n) is 8.36. The van der Waals surface area contributed by atoms with Crippen molar-refractivity contribution in [2.24, 2.45) is 23.7 Å². The Morgan fingerprint density at radius 2 is 1.75 bits per heavy atom. The molecule has 1 aliphatic heterocycles. The fourth-order valence-corrected chi connectivity index (χ4v) is 5.26. The van der Waals surface area contributed by atoms with Crippen molar-refractivity contribution in [2.75, 3.05) is 18.5 Å². The molecule has 0 aromatic heterocycles. The minimum absolute atomic E-state index is 0.108. The lowest BCUT2D eigenvalue weighted by molar-refractivity contribution is -0.149. The van der Waals surface area contributed by atoms with Gasteiger partial charge in [0.15, 0.2) is 6.61 Å². The molecule has 0 unspecified atom stereocenters. The van der Waals surface area contributed by atoms with Crippen LogP contribution in [-0.4, -0.2) is 41.7 Å². The summed E-state index contributed by atoms with van der Waals surface area (Å²) in [4.78, 5) is 50.2. The van der Waals surface area contributed by atoms with Crippen LogP contribution in [-0.2, 0) is 30.1 Å². The first-order valence-electron chi connectivity index (χ1n) is 10.2. The number of nitrogens with zero attached hydrogens (tertiary/aromatic N) is 1. The molecule has 1 heterocycles. The van der Waals surface area contributed by atoms with Gasteiger partial charge < -0.3 is 10.1 Å². The van der Waals surface area contributed by atoms with Crippen LogP contribution < -0.4 is 5.32 Å². The highest BCUT2D eigenvalue weighted by Gasteiger charge is 2.60. The number of anilines is 1. The number of nitrogens with one attached hydrogen (secondary N) is 1. The summed E-state index contributed by atoms with van der Waals surface area (Å²) in [7, 11) is 0. The number of hydrogen-bond donors (Lipinski definition) is 1. The first-order chi connectivity index (χ1) is 15.1. The zero-order valence-corrected chi connectivity index (χ0v) is 17.5. The molecule has 4 atom stereocenters. The van der Waals surface area contributed by atoms with Gasteiger partial charge in [0, 0.05) is 6.54 Å². The van der Waals surface area contributed by atoms with Gasteiger partial charge in [0.25, 0.3) is 5.91 Å². The number of hydrogen-bond acceptors (Lipinski definition) is 5. The van der Waals surface area contributed by atoms with E-state index in [-0.39, 0.29) is 59.2 Å². The summed E-state index contributed by atoms with van der Waals surface area (Å²) < 4.78 is 43.2. The molecule has 4 rings (SSSR count). The zero-order chi connectivity index (χ0) is 23.2. The summed E-state index contributed by atoms with van der Waals surface area (Å²) in [5.41, 5.74) is -1.26.